The van der Waals surface area contributed by atoms with Crippen LogP contribution in [0.4, 0.5) is 4.79 Å². The predicted molar refractivity (Wildman–Crippen MR) is 60.0 cm³/mol. The van der Waals surface area contributed by atoms with Gasteiger partial charge in [-0.2, -0.15) is 0 Å². The number of carbonyl (C=O) groups excluding carboxylic acids is 2. The van der Waals surface area contributed by atoms with E-state index in [2.05, 4.69) is 10.2 Å². The lowest BCUT2D eigenvalue weighted by Crippen LogP contribution is -2.53. The van der Waals surface area contributed by atoms with Crippen molar-refractivity contribution < 1.29 is 24.3 Å². The number of hydrogen-bond donors (Lipinski definition) is 3. The second-order valence-electron chi connectivity index (χ2n) is 4.53. The van der Waals surface area contributed by atoms with Gasteiger partial charge in [-0.3, -0.25) is 9.63 Å². The summed E-state index contributed by atoms with van der Waals surface area (Å²) < 4.78 is 4.96. The molecule has 0 radical (unpaired) electrons. The first-order valence-electron chi connectivity index (χ1n) is 5.18. The summed E-state index contributed by atoms with van der Waals surface area (Å²) >= 11 is 0. The molecule has 2 atom stereocenters. The molecule has 7 nitrogen and oxygen atoms in total. The van der Waals surface area contributed by atoms with Crippen molar-refractivity contribution in [2.75, 3.05) is 7.11 Å². The third-order valence-electron chi connectivity index (χ3n) is 1.64. The highest BCUT2D eigenvalue weighted by molar-refractivity contribution is 5.85. The molecule has 0 aromatic heterocycles. The van der Waals surface area contributed by atoms with Crippen LogP contribution in [0.2, 0.25) is 0 Å². The van der Waals surface area contributed by atoms with Crippen LogP contribution in [0, 0.1) is 0 Å². The fraction of sp³-hybridized carbons (Fsp3) is 0.800. The monoisotopic (exact) mass is 248 g/mol. The van der Waals surface area contributed by atoms with Crippen LogP contribution in [-0.2, 0) is 14.4 Å². The molecule has 2 amide bonds. The Morgan fingerprint density at radius 2 is 1.82 bits per heavy atom. The van der Waals surface area contributed by atoms with E-state index in [1.54, 1.807) is 20.8 Å². The predicted octanol–water partition coefficient (Wildman–Crippen LogP) is -0.0619. The zero-order valence-corrected chi connectivity index (χ0v) is 10.7. The summed E-state index contributed by atoms with van der Waals surface area (Å²) in [4.78, 5) is 27.3. The average molecular weight is 248 g/mol. The molecular weight excluding hydrogens is 228 g/mol. The highest BCUT2D eigenvalue weighted by Gasteiger charge is 2.27. The van der Waals surface area contributed by atoms with Gasteiger partial charge in [0.2, 0.25) is 0 Å². The smallest absolute Gasteiger partial charge is 0.408 e. The fourth-order valence-corrected chi connectivity index (χ4v) is 1.00. The van der Waals surface area contributed by atoms with E-state index in [0.29, 0.717) is 0 Å². The van der Waals surface area contributed by atoms with Gasteiger partial charge in [-0.25, -0.2) is 10.3 Å². The number of rotatable bonds is 4. The summed E-state index contributed by atoms with van der Waals surface area (Å²) in [5.74, 6) is -0.659. The van der Waals surface area contributed by atoms with Crippen LogP contribution in [0.15, 0.2) is 0 Å². The second-order valence-corrected chi connectivity index (χ2v) is 4.53. The van der Waals surface area contributed by atoms with Crippen LogP contribution in [0.3, 0.4) is 0 Å². The maximum Gasteiger partial charge on any atom is 0.408 e. The molecule has 3 N–H and O–H groups in total. The molecule has 2 unspecified atom stereocenters. The molecule has 0 spiro atoms. The first kappa shape index (κ1) is 15.7. The van der Waals surface area contributed by atoms with E-state index >= 15 is 0 Å². The van der Waals surface area contributed by atoms with Crippen molar-refractivity contribution in [3.63, 3.8) is 0 Å². The molecule has 17 heavy (non-hydrogen) atoms. The van der Waals surface area contributed by atoms with E-state index in [4.69, 9.17) is 4.74 Å². The van der Waals surface area contributed by atoms with E-state index in [9.17, 15) is 14.7 Å². The van der Waals surface area contributed by atoms with Crippen molar-refractivity contribution in [2.24, 2.45) is 0 Å². The maximum absolute atomic E-state index is 11.4. The zero-order valence-electron chi connectivity index (χ0n) is 10.7. The minimum absolute atomic E-state index is 0.659. The molecule has 0 aliphatic rings. The number of aliphatic hydroxyl groups is 1. The van der Waals surface area contributed by atoms with Gasteiger partial charge in [-0.15, -0.1) is 0 Å². The Hall–Kier alpha value is -1.34. The molecular formula is C10H20N2O5. The summed E-state index contributed by atoms with van der Waals surface area (Å²) in [6, 6.07) is -1.13. The van der Waals surface area contributed by atoms with Gasteiger partial charge >= 0.3 is 6.09 Å². The van der Waals surface area contributed by atoms with Gasteiger partial charge in [-0.05, 0) is 27.7 Å². The largest absolute Gasteiger partial charge is 0.444 e. The first-order valence-corrected chi connectivity index (χ1v) is 5.18. The van der Waals surface area contributed by atoms with Gasteiger partial charge < -0.3 is 15.2 Å². The molecule has 0 aromatic rings. The first-order chi connectivity index (χ1) is 7.67. The molecule has 0 aliphatic carbocycles. The van der Waals surface area contributed by atoms with Gasteiger partial charge in [0.1, 0.15) is 11.6 Å². The van der Waals surface area contributed by atoms with Crippen molar-refractivity contribution >= 4 is 12.0 Å². The summed E-state index contributed by atoms with van der Waals surface area (Å²) in [5.41, 5.74) is 1.35. The lowest BCUT2D eigenvalue weighted by Gasteiger charge is -2.24. The number of aliphatic hydroxyl groups excluding tert-OH is 1. The Morgan fingerprint density at radius 3 is 2.18 bits per heavy atom. The molecule has 0 aliphatic heterocycles. The lowest BCUT2D eigenvalue weighted by molar-refractivity contribution is -0.136. The van der Waals surface area contributed by atoms with Crippen LogP contribution < -0.4 is 10.8 Å². The highest BCUT2D eigenvalue weighted by Crippen LogP contribution is 2.07. The number of alkyl carbamates (subject to hydrolysis) is 1. The van der Waals surface area contributed by atoms with Crippen LogP contribution in [-0.4, -0.2) is 42.0 Å². The number of nitrogens with one attached hydrogen (secondary N) is 2. The Morgan fingerprint density at radius 1 is 1.29 bits per heavy atom. The molecule has 0 heterocycles. The van der Waals surface area contributed by atoms with E-state index in [0.717, 1.165) is 0 Å². The second kappa shape index (κ2) is 6.41. The molecule has 0 aromatic carbocycles. The SMILES string of the molecule is CONC(=O)C(NC(=O)OC(C)(C)C)C(C)O. The summed E-state index contributed by atoms with van der Waals surface area (Å²) in [6.45, 7) is 6.45. The molecule has 0 fully saturated rings. The van der Waals surface area contributed by atoms with Gasteiger partial charge in [-0.1, -0.05) is 0 Å². The maximum atomic E-state index is 11.4. The molecule has 100 valence electrons. The van der Waals surface area contributed by atoms with Gasteiger partial charge in [0.05, 0.1) is 13.2 Å². The van der Waals surface area contributed by atoms with Crippen molar-refractivity contribution in [2.45, 2.75) is 45.4 Å². The minimum Gasteiger partial charge on any atom is -0.444 e. The van der Waals surface area contributed by atoms with E-state index in [1.807, 2.05) is 5.48 Å². The Bertz CT molecular complexity index is 272. The van der Waals surface area contributed by atoms with Crippen LogP contribution in [0.5, 0.6) is 0 Å². The Labute approximate surface area is 100 Å². The van der Waals surface area contributed by atoms with Crippen molar-refractivity contribution in [3.05, 3.63) is 0 Å². The van der Waals surface area contributed by atoms with Crippen LogP contribution in [0.25, 0.3) is 0 Å². The van der Waals surface area contributed by atoms with Crippen molar-refractivity contribution in [1.29, 1.82) is 0 Å². The molecule has 0 rings (SSSR count). The number of hydroxylamine groups is 1. The standard InChI is InChI=1S/C10H20N2O5/c1-6(13)7(8(14)12-16-5)11-9(15)17-10(2,3)4/h6-7,13H,1-5H3,(H,11,15)(H,12,14). The van der Waals surface area contributed by atoms with Crippen LogP contribution in [0.1, 0.15) is 27.7 Å². The van der Waals surface area contributed by atoms with Gasteiger partial charge in [0.15, 0.2) is 0 Å². The summed E-state index contributed by atoms with van der Waals surface area (Å²) in [6.07, 6.45) is -1.85. The lowest BCUT2D eigenvalue weighted by atomic mass is 10.2. The third kappa shape index (κ3) is 6.75. The van der Waals surface area contributed by atoms with E-state index < -0.39 is 29.7 Å². The number of amides is 2. The number of ether oxygens (including phenoxy) is 1. The van der Waals surface area contributed by atoms with Crippen molar-refractivity contribution in [1.82, 2.24) is 10.8 Å². The highest BCUT2D eigenvalue weighted by atomic mass is 16.6. The normalized spacial score (nSPS) is 14.7. The fourth-order valence-electron chi connectivity index (χ4n) is 1.00. The molecule has 0 saturated heterocycles. The third-order valence-corrected chi connectivity index (χ3v) is 1.64. The average Bonchev–Trinajstić information content (AvgIpc) is 2.11. The number of hydrogen-bond acceptors (Lipinski definition) is 5. The van der Waals surface area contributed by atoms with Crippen LogP contribution >= 0.6 is 0 Å². The van der Waals surface area contributed by atoms with Crippen molar-refractivity contribution in [3.8, 4) is 0 Å². The molecule has 0 saturated carbocycles. The molecule has 7 heteroatoms. The Kier molecular flexibility index (Phi) is 5.90. The minimum atomic E-state index is -1.13. The van der Waals surface area contributed by atoms with Gasteiger partial charge in [0.25, 0.3) is 5.91 Å². The van der Waals surface area contributed by atoms with E-state index in [1.165, 1.54) is 14.0 Å². The zero-order chi connectivity index (χ0) is 13.6. The Balaban J connectivity index is 4.46. The number of carbonyl (C=O) groups is 2. The van der Waals surface area contributed by atoms with E-state index in [-0.39, 0.29) is 0 Å². The topological polar surface area (TPSA) is 96.9 Å². The molecule has 0 bridgehead atoms. The summed E-state index contributed by atoms with van der Waals surface area (Å²) in [7, 11) is 1.25. The summed E-state index contributed by atoms with van der Waals surface area (Å²) in [5, 5.41) is 11.6. The quantitative estimate of drug-likeness (QED) is 0.605. The van der Waals surface area contributed by atoms with Gasteiger partial charge in [0, 0.05) is 0 Å².